The quantitative estimate of drug-likeness (QED) is 0.0965. The van der Waals surface area contributed by atoms with E-state index in [1.807, 2.05) is 32.9 Å². The lowest BCUT2D eigenvalue weighted by atomic mass is 9.90. The summed E-state index contributed by atoms with van der Waals surface area (Å²) in [6.45, 7) is 19.1. The molecular formula is C35H50O4Si. The first-order valence-electron chi connectivity index (χ1n) is 14.5. The first kappa shape index (κ1) is 33.5. The van der Waals surface area contributed by atoms with Crippen LogP contribution in [0.4, 0.5) is 0 Å². The molecule has 2 aromatic rings. The Kier molecular flexibility index (Phi) is 12.0. The summed E-state index contributed by atoms with van der Waals surface area (Å²) in [5, 5.41) is 2.19. The van der Waals surface area contributed by atoms with E-state index in [9.17, 15) is 9.59 Å². The third-order valence-electron chi connectivity index (χ3n) is 6.85. The van der Waals surface area contributed by atoms with Gasteiger partial charge in [-0.25, -0.2) is 0 Å². The molecule has 1 unspecified atom stereocenters. The van der Waals surface area contributed by atoms with Gasteiger partial charge in [0.15, 0.2) is 0 Å². The van der Waals surface area contributed by atoms with Crippen LogP contribution in [0.5, 0.6) is 0 Å². The zero-order chi connectivity index (χ0) is 30.0. The monoisotopic (exact) mass is 562 g/mol. The fourth-order valence-electron chi connectivity index (χ4n) is 4.98. The highest BCUT2D eigenvalue weighted by Crippen LogP contribution is 2.37. The molecule has 5 heteroatoms. The highest BCUT2D eigenvalue weighted by molar-refractivity contribution is 6.99. The second kappa shape index (κ2) is 14.3. The summed E-state index contributed by atoms with van der Waals surface area (Å²) in [6.07, 6.45) is 3.05. The van der Waals surface area contributed by atoms with E-state index in [1.54, 1.807) is 0 Å². The summed E-state index contributed by atoms with van der Waals surface area (Å²) in [4.78, 5) is 26.0. The average molecular weight is 563 g/mol. The van der Waals surface area contributed by atoms with Gasteiger partial charge in [-0.1, -0.05) is 108 Å². The van der Waals surface area contributed by atoms with Crippen LogP contribution in [0.25, 0.3) is 0 Å². The van der Waals surface area contributed by atoms with Crippen molar-refractivity contribution < 1.29 is 18.8 Å². The van der Waals surface area contributed by atoms with Gasteiger partial charge in [0.1, 0.15) is 5.60 Å². The maximum atomic E-state index is 13.3. The molecule has 0 aliphatic heterocycles. The van der Waals surface area contributed by atoms with Crippen molar-refractivity contribution in [2.75, 3.05) is 6.61 Å². The van der Waals surface area contributed by atoms with Gasteiger partial charge in [-0.15, -0.1) is 0 Å². The van der Waals surface area contributed by atoms with E-state index in [0.29, 0.717) is 19.4 Å². The highest BCUT2D eigenvalue weighted by atomic mass is 28.4. The number of Topliss-reactive ketones (excluding diaryl/α,β-unsaturated/α-hetero) is 1. The Morgan fingerprint density at radius 2 is 1.35 bits per heavy atom. The van der Waals surface area contributed by atoms with Crippen LogP contribution in [0, 0.1) is 23.2 Å². The van der Waals surface area contributed by atoms with Crippen LogP contribution in [0.1, 0.15) is 94.4 Å². The molecule has 4 nitrogen and oxygen atoms in total. The number of ketones is 1. The third kappa shape index (κ3) is 10.4. The summed E-state index contributed by atoms with van der Waals surface area (Å²) < 4.78 is 12.6. The molecule has 40 heavy (non-hydrogen) atoms. The first-order valence-corrected chi connectivity index (χ1v) is 16.5. The lowest BCUT2D eigenvalue weighted by molar-refractivity contribution is -0.157. The predicted molar refractivity (Wildman–Crippen MR) is 168 cm³/mol. The summed E-state index contributed by atoms with van der Waals surface area (Å²) in [5.41, 5.74) is -0.377. The maximum absolute atomic E-state index is 13.3. The molecule has 0 aliphatic carbocycles. The normalized spacial score (nSPS) is 13.2. The van der Waals surface area contributed by atoms with Crippen LogP contribution in [0.3, 0.4) is 0 Å². The van der Waals surface area contributed by atoms with Gasteiger partial charge >= 0.3 is 5.97 Å². The fraction of sp³-hybridized carbons (Fsp3) is 0.543. The summed E-state index contributed by atoms with van der Waals surface area (Å²) in [5.74, 6) is 4.72. The van der Waals surface area contributed by atoms with Crippen LogP contribution < -0.4 is 10.4 Å². The van der Waals surface area contributed by atoms with E-state index < -0.39 is 19.8 Å². The van der Waals surface area contributed by atoms with Crippen molar-refractivity contribution >= 4 is 30.4 Å². The van der Waals surface area contributed by atoms with Crippen LogP contribution in [0.15, 0.2) is 60.7 Å². The smallest absolute Gasteiger partial charge is 0.307 e. The standard InChI is InChI=1S/C35H50O4Si/c1-33(2,3)25-18-12-17-23-31(36)28(27-32(37)39-34(4,5)6)24-26-38-40(35(7,8)9,29-19-13-10-14-20-29)30-21-15-11-16-22-30/h10-11,13-16,19-22,28H,12,18,24-27H2,1-9H3. The van der Waals surface area contributed by atoms with E-state index in [2.05, 4.69) is 102 Å². The number of hydrogen-bond acceptors (Lipinski definition) is 4. The summed E-state index contributed by atoms with van der Waals surface area (Å²) in [6, 6.07) is 20.9. The van der Waals surface area contributed by atoms with Gasteiger partial charge in [-0.2, -0.15) is 0 Å². The van der Waals surface area contributed by atoms with Gasteiger partial charge in [0, 0.05) is 18.9 Å². The zero-order valence-corrected chi connectivity index (χ0v) is 27.2. The number of carbonyl (C=O) groups is 2. The van der Waals surface area contributed by atoms with Gasteiger partial charge in [-0.3, -0.25) is 9.59 Å². The van der Waals surface area contributed by atoms with Gasteiger partial charge in [-0.05, 0) is 66.8 Å². The van der Waals surface area contributed by atoms with Crippen molar-refractivity contribution in [2.24, 2.45) is 11.3 Å². The van der Waals surface area contributed by atoms with Crippen LogP contribution in [-0.4, -0.2) is 32.3 Å². The van der Waals surface area contributed by atoms with Crippen molar-refractivity contribution in [2.45, 2.75) is 105 Å². The van der Waals surface area contributed by atoms with Crippen molar-refractivity contribution in [3.8, 4) is 11.8 Å². The Morgan fingerprint density at radius 1 is 0.825 bits per heavy atom. The molecular weight excluding hydrogens is 512 g/mol. The van der Waals surface area contributed by atoms with E-state index in [0.717, 1.165) is 12.8 Å². The van der Waals surface area contributed by atoms with Crippen molar-refractivity contribution in [3.05, 3.63) is 60.7 Å². The number of rotatable bonds is 11. The molecule has 0 spiro atoms. The lowest BCUT2D eigenvalue weighted by Gasteiger charge is -2.43. The molecule has 0 amide bonds. The van der Waals surface area contributed by atoms with Gasteiger partial charge in [0.05, 0.1) is 6.42 Å². The van der Waals surface area contributed by atoms with Gasteiger partial charge < -0.3 is 9.16 Å². The number of ether oxygens (including phenoxy) is 1. The lowest BCUT2D eigenvalue weighted by Crippen LogP contribution is -2.66. The average Bonchev–Trinajstić information content (AvgIpc) is 2.84. The Bertz CT molecular complexity index is 1100. The van der Waals surface area contributed by atoms with Gasteiger partial charge in [0.2, 0.25) is 5.78 Å². The number of carbonyl (C=O) groups excluding carboxylic acids is 2. The third-order valence-corrected chi connectivity index (χ3v) is 11.9. The van der Waals surface area contributed by atoms with E-state index in [4.69, 9.17) is 9.16 Å². The summed E-state index contributed by atoms with van der Waals surface area (Å²) in [7, 11) is -2.75. The summed E-state index contributed by atoms with van der Waals surface area (Å²) >= 11 is 0. The second-order valence-electron chi connectivity index (χ2n) is 13.9. The molecule has 0 fully saturated rings. The molecule has 0 heterocycles. The molecule has 0 saturated carbocycles. The Labute approximate surface area is 244 Å². The highest BCUT2D eigenvalue weighted by Gasteiger charge is 2.50. The number of benzene rings is 2. The molecule has 0 aliphatic rings. The molecule has 0 radical (unpaired) electrons. The Balaban J connectivity index is 2.31. The molecule has 0 bridgehead atoms. The Hall–Kier alpha value is -2.68. The molecule has 0 N–H and O–H groups in total. The van der Waals surface area contributed by atoms with E-state index in [1.165, 1.54) is 10.4 Å². The molecule has 1 atom stereocenters. The minimum atomic E-state index is -2.75. The number of hydrogen-bond donors (Lipinski definition) is 0. The largest absolute Gasteiger partial charge is 0.460 e. The Morgan fingerprint density at radius 3 is 1.80 bits per heavy atom. The predicted octanol–water partition coefficient (Wildman–Crippen LogP) is 7.09. The number of esters is 1. The number of unbranched alkanes of at least 4 members (excludes halogenated alkanes) is 1. The second-order valence-corrected chi connectivity index (χ2v) is 18.2. The van der Waals surface area contributed by atoms with Gasteiger partial charge in [0.25, 0.3) is 8.32 Å². The molecule has 0 aromatic heterocycles. The van der Waals surface area contributed by atoms with Crippen molar-refractivity contribution in [1.82, 2.24) is 0 Å². The minimum Gasteiger partial charge on any atom is -0.460 e. The zero-order valence-electron chi connectivity index (χ0n) is 26.2. The first-order chi connectivity index (χ1) is 18.6. The van der Waals surface area contributed by atoms with E-state index in [-0.39, 0.29) is 28.6 Å². The van der Waals surface area contributed by atoms with Crippen LogP contribution in [-0.2, 0) is 18.8 Å². The van der Waals surface area contributed by atoms with Crippen molar-refractivity contribution in [3.63, 3.8) is 0 Å². The van der Waals surface area contributed by atoms with E-state index >= 15 is 0 Å². The maximum Gasteiger partial charge on any atom is 0.307 e. The van der Waals surface area contributed by atoms with Crippen molar-refractivity contribution in [1.29, 1.82) is 0 Å². The topological polar surface area (TPSA) is 52.6 Å². The molecule has 2 aromatic carbocycles. The molecule has 218 valence electrons. The SMILES string of the molecule is CC(C)(C)CCCC#CC(=O)C(CCO[Si](c1ccccc1)(c1ccccc1)C(C)(C)C)CC(=O)OC(C)(C)C. The fourth-order valence-corrected chi connectivity index (χ4v) is 9.56. The molecule has 2 rings (SSSR count). The molecule has 0 saturated heterocycles. The minimum absolute atomic E-state index is 0.00309. The van der Waals surface area contributed by atoms with Crippen LogP contribution >= 0.6 is 0 Å². The van der Waals surface area contributed by atoms with Crippen LogP contribution in [0.2, 0.25) is 5.04 Å².